The number of nitrogens with zero attached hydrogens (tertiary/aromatic N) is 6. The number of pyridine rings is 1. The van der Waals surface area contributed by atoms with Crippen molar-refractivity contribution in [1.82, 2.24) is 29.2 Å². The fourth-order valence-electron chi connectivity index (χ4n) is 4.89. The van der Waals surface area contributed by atoms with Crippen molar-refractivity contribution in [2.45, 2.75) is 26.0 Å². The highest BCUT2D eigenvalue weighted by molar-refractivity contribution is 5.77. The van der Waals surface area contributed by atoms with Crippen LogP contribution in [0.4, 0.5) is 17.3 Å². The molecular formula is C29H36N8O5. The Hall–Kier alpha value is -4.46. The van der Waals surface area contributed by atoms with Crippen molar-refractivity contribution < 1.29 is 14.9 Å². The van der Waals surface area contributed by atoms with Crippen LogP contribution in [0.25, 0.3) is 16.9 Å². The van der Waals surface area contributed by atoms with Gasteiger partial charge in [0.2, 0.25) is 5.95 Å². The third kappa shape index (κ3) is 5.93. The third-order valence-electron chi connectivity index (χ3n) is 7.10. The van der Waals surface area contributed by atoms with Crippen LogP contribution >= 0.6 is 0 Å². The van der Waals surface area contributed by atoms with Crippen molar-refractivity contribution in [2.75, 3.05) is 56.7 Å². The number of anilines is 3. The molecule has 1 aliphatic heterocycles. The number of allylic oxidation sites excluding steroid dienone is 1. The topological polar surface area (TPSA) is 154 Å². The summed E-state index contributed by atoms with van der Waals surface area (Å²) < 4.78 is 8.77. The zero-order valence-electron chi connectivity index (χ0n) is 24.0. The monoisotopic (exact) mass is 576 g/mol. The number of aromatic amines is 1. The van der Waals surface area contributed by atoms with Gasteiger partial charge >= 0.3 is 0 Å². The van der Waals surface area contributed by atoms with Gasteiger partial charge < -0.3 is 35.1 Å². The van der Waals surface area contributed by atoms with Gasteiger partial charge in [0.15, 0.2) is 11.1 Å². The number of aromatic nitrogens is 5. The number of benzene rings is 1. The van der Waals surface area contributed by atoms with Crippen LogP contribution < -0.4 is 25.9 Å². The van der Waals surface area contributed by atoms with Gasteiger partial charge in [-0.15, -0.1) is 6.58 Å². The fraction of sp³-hybridized carbons (Fsp3) is 0.379. The Morgan fingerprint density at radius 2 is 1.93 bits per heavy atom. The van der Waals surface area contributed by atoms with E-state index in [2.05, 4.69) is 43.7 Å². The summed E-state index contributed by atoms with van der Waals surface area (Å²) in [5, 5.41) is 23.4. The minimum absolute atomic E-state index is 0.115. The first kappa shape index (κ1) is 29.0. The van der Waals surface area contributed by atoms with Gasteiger partial charge in [-0.25, -0.2) is 14.3 Å². The maximum absolute atomic E-state index is 13.3. The number of likely N-dealkylation sites (N-methyl/N-ethyl adjacent to an activating group) is 1. The first-order chi connectivity index (χ1) is 20.1. The standard InChI is InChI=1S/C29H36N8O5/c1-5-8-36-27(40)21-18-30-28(33-26(21)37(36)25-17-20(39)16-24(32-25)29(2,3)41)31-19-6-7-22(23(15-19)42-14-13-38)35-11-9-34(4)10-12-35/h5-7,15-18,38,41H,1,8-14H2,2-4H3,(H,32,39)(H,30,31,33). The number of hydrogen-bond donors (Lipinski definition) is 4. The molecule has 42 heavy (non-hydrogen) atoms. The normalized spacial score (nSPS) is 14.4. The summed E-state index contributed by atoms with van der Waals surface area (Å²) in [4.78, 5) is 42.5. The minimum Gasteiger partial charge on any atom is -0.489 e. The lowest BCUT2D eigenvalue weighted by molar-refractivity contribution is 0.0737. The maximum Gasteiger partial charge on any atom is 0.278 e. The molecular weight excluding hydrogens is 540 g/mol. The Kier molecular flexibility index (Phi) is 8.16. The summed E-state index contributed by atoms with van der Waals surface area (Å²) in [7, 11) is 2.09. The number of H-pyrrole nitrogens is 1. The van der Waals surface area contributed by atoms with Crippen LogP contribution in [0.5, 0.6) is 5.75 Å². The number of rotatable bonds is 10. The molecule has 0 unspecified atom stereocenters. The second-order valence-corrected chi connectivity index (χ2v) is 10.8. The van der Waals surface area contributed by atoms with Crippen LogP contribution in [0, 0.1) is 0 Å². The van der Waals surface area contributed by atoms with Crippen LogP contribution in [-0.2, 0) is 12.1 Å². The van der Waals surface area contributed by atoms with Gasteiger partial charge in [0.1, 0.15) is 23.6 Å². The van der Waals surface area contributed by atoms with Gasteiger partial charge in [-0.05, 0) is 33.0 Å². The van der Waals surface area contributed by atoms with E-state index in [1.807, 2.05) is 18.2 Å². The zero-order valence-corrected chi connectivity index (χ0v) is 24.0. The number of aliphatic hydroxyl groups excluding tert-OH is 1. The smallest absolute Gasteiger partial charge is 0.278 e. The third-order valence-corrected chi connectivity index (χ3v) is 7.10. The molecule has 0 atom stereocenters. The highest BCUT2D eigenvalue weighted by Crippen LogP contribution is 2.33. The van der Waals surface area contributed by atoms with Crippen molar-refractivity contribution >= 4 is 28.4 Å². The second kappa shape index (κ2) is 11.8. The molecule has 1 aromatic carbocycles. The molecule has 0 amide bonds. The molecule has 13 nitrogen and oxygen atoms in total. The lowest BCUT2D eigenvalue weighted by Crippen LogP contribution is -2.44. The van der Waals surface area contributed by atoms with E-state index >= 15 is 0 Å². The van der Waals surface area contributed by atoms with Crippen molar-refractivity contribution in [1.29, 1.82) is 0 Å². The molecule has 1 fully saturated rings. The van der Waals surface area contributed by atoms with Crippen molar-refractivity contribution in [3.05, 3.63) is 75.5 Å². The first-order valence-corrected chi connectivity index (χ1v) is 13.7. The first-order valence-electron chi connectivity index (χ1n) is 13.7. The maximum atomic E-state index is 13.3. The van der Waals surface area contributed by atoms with Gasteiger partial charge in [-0.2, -0.15) is 4.98 Å². The zero-order chi connectivity index (χ0) is 30.0. The minimum atomic E-state index is -1.32. The Morgan fingerprint density at radius 1 is 1.17 bits per heavy atom. The van der Waals surface area contributed by atoms with E-state index in [0.29, 0.717) is 11.4 Å². The Labute approximate surface area is 242 Å². The SMILES string of the molecule is C=CCn1c(=O)c2cnc(Nc3ccc(N4CCN(C)CC4)c(OCCO)c3)nc2n1-c1cc(=O)cc(C(C)(C)O)[nH]1. The largest absolute Gasteiger partial charge is 0.489 e. The van der Waals surface area contributed by atoms with Crippen LogP contribution in [-0.4, -0.2) is 85.9 Å². The van der Waals surface area contributed by atoms with Gasteiger partial charge in [0.25, 0.3) is 5.56 Å². The average molecular weight is 577 g/mol. The van der Waals surface area contributed by atoms with Crippen LogP contribution in [0.15, 0.2) is 58.8 Å². The number of nitrogens with one attached hydrogen (secondary N) is 2. The molecule has 0 bridgehead atoms. The Morgan fingerprint density at radius 3 is 2.62 bits per heavy atom. The molecule has 3 aromatic heterocycles. The van der Waals surface area contributed by atoms with Crippen molar-refractivity contribution in [3.8, 4) is 11.6 Å². The highest BCUT2D eigenvalue weighted by Gasteiger charge is 2.23. The van der Waals surface area contributed by atoms with Gasteiger partial charge in [-0.3, -0.25) is 9.59 Å². The lowest BCUT2D eigenvalue weighted by Gasteiger charge is -2.35. The number of piperazine rings is 1. The van der Waals surface area contributed by atoms with Gasteiger partial charge in [0, 0.05) is 56.3 Å². The summed E-state index contributed by atoms with van der Waals surface area (Å²) in [5.41, 5.74) is 0.101. The van der Waals surface area contributed by atoms with Crippen molar-refractivity contribution in [2.24, 2.45) is 0 Å². The molecule has 5 rings (SSSR count). The van der Waals surface area contributed by atoms with E-state index < -0.39 is 5.60 Å². The van der Waals surface area contributed by atoms with Crippen molar-refractivity contribution in [3.63, 3.8) is 0 Å². The molecule has 0 aliphatic carbocycles. The predicted molar refractivity (Wildman–Crippen MR) is 161 cm³/mol. The van der Waals surface area contributed by atoms with Crippen LogP contribution in [0.3, 0.4) is 0 Å². The van der Waals surface area contributed by atoms with E-state index in [0.717, 1.165) is 31.9 Å². The van der Waals surface area contributed by atoms with E-state index in [1.165, 1.54) is 27.7 Å². The number of aliphatic hydroxyl groups is 2. The second-order valence-electron chi connectivity index (χ2n) is 10.8. The average Bonchev–Trinajstić information content (AvgIpc) is 3.22. The molecule has 0 saturated carbocycles. The lowest BCUT2D eigenvalue weighted by atomic mass is 10.1. The molecule has 4 N–H and O–H groups in total. The molecule has 0 radical (unpaired) electrons. The molecule has 4 aromatic rings. The van der Waals surface area contributed by atoms with E-state index in [-0.39, 0.29) is 59.2 Å². The van der Waals surface area contributed by atoms with Gasteiger partial charge in [-0.1, -0.05) is 6.08 Å². The van der Waals surface area contributed by atoms with E-state index in [9.17, 15) is 19.8 Å². The summed E-state index contributed by atoms with van der Waals surface area (Å²) in [6.07, 6.45) is 3.00. The molecule has 0 spiro atoms. The summed E-state index contributed by atoms with van der Waals surface area (Å²) in [6.45, 7) is 10.6. The Bertz CT molecular complexity index is 1710. The van der Waals surface area contributed by atoms with E-state index in [1.54, 1.807) is 19.9 Å². The summed E-state index contributed by atoms with van der Waals surface area (Å²) in [6, 6.07) is 8.34. The highest BCUT2D eigenvalue weighted by atomic mass is 16.5. The summed E-state index contributed by atoms with van der Waals surface area (Å²) >= 11 is 0. The summed E-state index contributed by atoms with van der Waals surface area (Å²) in [5.74, 6) is 1.10. The molecule has 1 aliphatic rings. The molecule has 4 heterocycles. The predicted octanol–water partition coefficient (Wildman–Crippen LogP) is 1.55. The van der Waals surface area contributed by atoms with Crippen LogP contribution in [0.1, 0.15) is 19.5 Å². The number of fused-ring (bicyclic) bond motifs is 1. The fourth-order valence-corrected chi connectivity index (χ4v) is 4.89. The van der Waals surface area contributed by atoms with Gasteiger partial charge in [0.05, 0.1) is 30.1 Å². The van der Waals surface area contributed by atoms with Crippen LogP contribution in [0.2, 0.25) is 0 Å². The number of ether oxygens (including phenoxy) is 1. The Balaban J connectivity index is 1.56. The van der Waals surface area contributed by atoms with E-state index in [4.69, 9.17) is 4.74 Å². The molecule has 1 saturated heterocycles. The number of hydrogen-bond acceptors (Lipinski definition) is 10. The molecule has 222 valence electrons. The quantitative estimate of drug-likeness (QED) is 0.205. The molecule has 13 heteroatoms.